The van der Waals surface area contributed by atoms with Gasteiger partial charge in [0, 0.05) is 12.6 Å². The first-order valence-electron chi connectivity index (χ1n) is 6.46. The molecule has 112 valence electrons. The fourth-order valence-electron chi connectivity index (χ4n) is 2.46. The predicted molar refractivity (Wildman–Crippen MR) is 70.9 cm³/mol. The summed E-state index contributed by atoms with van der Waals surface area (Å²) in [6, 6.07) is 1.85. The van der Waals surface area contributed by atoms with Crippen LogP contribution in [0.25, 0.3) is 0 Å². The van der Waals surface area contributed by atoms with Crippen LogP contribution in [0.2, 0.25) is 0 Å². The molecule has 21 heavy (non-hydrogen) atoms. The van der Waals surface area contributed by atoms with Gasteiger partial charge in [-0.05, 0) is 31.4 Å². The lowest BCUT2D eigenvalue weighted by Crippen LogP contribution is -2.50. The van der Waals surface area contributed by atoms with Crippen LogP contribution in [0.15, 0.2) is 18.2 Å². The van der Waals surface area contributed by atoms with Gasteiger partial charge in [-0.2, -0.15) is 0 Å². The van der Waals surface area contributed by atoms with E-state index < -0.39 is 34.3 Å². The number of hydrogen-bond donors (Lipinski definition) is 1. The summed E-state index contributed by atoms with van der Waals surface area (Å²) in [5.41, 5.74) is 4.40. The number of rotatable bonds is 3. The smallest absolute Gasteiger partial charge is 0.282 e. The molecule has 0 aromatic heterocycles. The van der Waals surface area contributed by atoms with Gasteiger partial charge in [0.05, 0.1) is 4.92 Å². The highest BCUT2D eigenvalue weighted by atomic mass is 19.1. The Morgan fingerprint density at radius 3 is 2.71 bits per heavy atom. The van der Waals surface area contributed by atoms with E-state index >= 15 is 0 Å². The summed E-state index contributed by atoms with van der Waals surface area (Å²) in [5.74, 6) is -2.16. The Hall–Kier alpha value is -2.51. The lowest BCUT2D eigenvalue weighted by molar-refractivity contribution is -0.385. The topological polar surface area (TPSA) is 107 Å². The molecule has 8 heteroatoms. The van der Waals surface area contributed by atoms with Crippen LogP contribution >= 0.6 is 0 Å². The average molecular weight is 295 g/mol. The number of halogens is 1. The molecule has 2 rings (SSSR count). The zero-order chi connectivity index (χ0) is 15.6. The van der Waals surface area contributed by atoms with Crippen LogP contribution in [-0.2, 0) is 4.79 Å². The quantitative estimate of drug-likeness (QED) is 0.668. The molecular weight excluding hydrogens is 281 g/mol. The Labute approximate surface area is 119 Å². The molecule has 1 fully saturated rings. The summed E-state index contributed by atoms with van der Waals surface area (Å²) in [6.07, 6.45) is 1.81. The van der Waals surface area contributed by atoms with Crippen LogP contribution < -0.4 is 5.73 Å². The Kier molecular flexibility index (Phi) is 4.15. The van der Waals surface area contributed by atoms with Crippen molar-refractivity contribution in [2.45, 2.75) is 25.3 Å². The summed E-state index contributed by atoms with van der Waals surface area (Å²) >= 11 is 0. The SMILES string of the molecule is NC(=O)C1CCCCN1C(=O)c1cc(F)ccc1[N+](=O)[O-]. The molecule has 1 atom stereocenters. The normalized spacial score (nSPS) is 18.3. The second-order valence-corrected chi connectivity index (χ2v) is 4.83. The van der Waals surface area contributed by atoms with E-state index in [1.54, 1.807) is 0 Å². The molecule has 1 aliphatic heterocycles. The summed E-state index contributed by atoms with van der Waals surface area (Å²) < 4.78 is 13.3. The van der Waals surface area contributed by atoms with E-state index in [0.717, 1.165) is 24.6 Å². The summed E-state index contributed by atoms with van der Waals surface area (Å²) in [4.78, 5) is 35.2. The highest BCUT2D eigenvalue weighted by molar-refractivity contribution is 6.00. The molecule has 0 bridgehead atoms. The van der Waals surface area contributed by atoms with Crippen molar-refractivity contribution < 1.29 is 18.9 Å². The van der Waals surface area contributed by atoms with Crippen LogP contribution in [0, 0.1) is 15.9 Å². The molecule has 1 heterocycles. The number of likely N-dealkylation sites (tertiary alicyclic amines) is 1. The van der Waals surface area contributed by atoms with Crippen molar-refractivity contribution in [3.63, 3.8) is 0 Å². The Morgan fingerprint density at radius 1 is 1.38 bits per heavy atom. The number of piperidine rings is 1. The van der Waals surface area contributed by atoms with Gasteiger partial charge in [0.15, 0.2) is 0 Å². The molecule has 2 amide bonds. The Morgan fingerprint density at radius 2 is 2.10 bits per heavy atom. The number of hydrogen-bond acceptors (Lipinski definition) is 4. The fraction of sp³-hybridized carbons (Fsp3) is 0.385. The van der Waals surface area contributed by atoms with Crippen molar-refractivity contribution in [2.24, 2.45) is 5.73 Å². The molecule has 1 aliphatic rings. The van der Waals surface area contributed by atoms with Gasteiger partial charge >= 0.3 is 0 Å². The van der Waals surface area contributed by atoms with E-state index in [0.29, 0.717) is 12.8 Å². The van der Waals surface area contributed by atoms with Crippen LogP contribution in [0.5, 0.6) is 0 Å². The minimum absolute atomic E-state index is 0.264. The van der Waals surface area contributed by atoms with Crippen molar-refractivity contribution >= 4 is 17.5 Å². The van der Waals surface area contributed by atoms with Crippen molar-refractivity contribution in [1.82, 2.24) is 4.90 Å². The third kappa shape index (κ3) is 2.99. The van der Waals surface area contributed by atoms with Crippen LogP contribution in [-0.4, -0.2) is 34.2 Å². The van der Waals surface area contributed by atoms with Crippen LogP contribution in [0.1, 0.15) is 29.6 Å². The van der Waals surface area contributed by atoms with Gasteiger partial charge in [0.2, 0.25) is 5.91 Å². The van der Waals surface area contributed by atoms with Gasteiger partial charge in [-0.1, -0.05) is 0 Å². The van der Waals surface area contributed by atoms with Crippen molar-refractivity contribution in [3.05, 3.63) is 39.7 Å². The van der Waals surface area contributed by atoms with Crippen molar-refractivity contribution in [1.29, 1.82) is 0 Å². The number of carbonyl (C=O) groups is 2. The number of nitrogens with zero attached hydrogens (tertiary/aromatic N) is 2. The lowest BCUT2D eigenvalue weighted by atomic mass is 10.00. The van der Waals surface area contributed by atoms with Gasteiger partial charge in [-0.25, -0.2) is 4.39 Å². The van der Waals surface area contributed by atoms with E-state index in [1.165, 1.54) is 4.90 Å². The third-order valence-electron chi connectivity index (χ3n) is 3.48. The largest absolute Gasteiger partial charge is 0.368 e. The first-order chi connectivity index (χ1) is 9.91. The molecule has 0 spiro atoms. The predicted octanol–water partition coefficient (Wildman–Crippen LogP) is 1.21. The first-order valence-corrected chi connectivity index (χ1v) is 6.46. The van der Waals surface area contributed by atoms with E-state index in [1.807, 2.05) is 0 Å². The van der Waals surface area contributed by atoms with E-state index in [9.17, 15) is 24.1 Å². The van der Waals surface area contributed by atoms with Gasteiger partial charge in [-0.15, -0.1) is 0 Å². The number of amides is 2. The minimum atomic E-state index is -0.811. The lowest BCUT2D eigenvalue weighted by Gasteiger charge is -2.33. The van der Waals surface area contributed by atoms with Gasteiger partial charge < -0.3 is 10.6 Å². The Balaban J connectivity index is 2.40. The van der Waals surface area contributed by atoms with Crippen molar-refractivity contribution in [3.8, 4) is 0 Å². The number of nitrogens with two attached hydrogens (primary N) is 1. The molecule has 7 nitrogen and oxygen atoms in total. The maximum absolute atomic E-state index is 13.3. The van der Waals surface area contributed by atoms with Crippen LogP contribution in [0.4, 0.5) is 10.1 Å². The number of benzene rings is 1. The van der Waals surface area contributed by atoms with E-state index in [2.05, 4.69) is 0 Å². The Bertz CT molecular complexity index is 605. The molecular formula is C13H14FN3O4. The molecule has 0 aliphatic carbocycles. The second-order valence-electron chi connectivity index (χ2n) is 4.83. The zero-order valence-corrected chi connectivity index (χ0v) is 11.1. The highest BCUT2D eigenvalue weighted by Gasteiger charge is 2.34. The first kappa shape index (κ1) is 14.9. The standard InChI is InChI=1S/C13H14FN3O4/c14-8-4-5-10(17(20)21)9(7-8)13(19)16-6-2-1-3-11(16)12(15)18/h4-5,7,11H,1-3,6H2,(H2,15,18). The summed E-state index contributed by atoms with van der Waals surface area (Å²) in [5, 5.41) is 11.0. The second kappa shape index (κ2) is 5.86. The number of nitro benzene ring substituents is 1. The number of nitro groups is 1. The average Bonchev–Trinajstić information content (AvgIpc) is 2.46. The van der Waals surface area contributed by atoms with Gasteiger partial charge in [-0.3, -0.25) is 19.7 Å². The van der Waals surface area contributed by atoms with E-state index in [4.69, 9.17) is 5.73 Å². The monoisotopic (exact) mass is 295 g/mol. The highest BCUT2D eigenvalue weighted by Crippen LogP contribution is 2.25. The molecule has 2 N–H and O–H groups in total. The van der Waals surface area contributed by atoms with E-state index in [-0.39, 0.29) is 12.1 Å². The zero-order valence-electron chi connectivity index (χ0n) is 11.1. The maximum atomic E-state index is 13.3. The maximum Gasteiger partial charge on any atom is 0.282 e. The van der Waals surface area contributed by atoms with Gasteiger partial charge in [0.1, 0.15) is 17.4 Å². The minimum Gasteiger partial charge on any atom is -0.368 e. The summed E-state index contributed by atoms with van der Waals surface area (Å²) in [6.45, 7) is 0.264. The number of carbonyl (C=O) groups excluding carboxylic acids is 2. The van der Waals surface area contributed by atoms with Gasteiger partial charge in [0.25, 0.3) is 11.6 Å². The fourth-order valence-corrected chi connectivity index (χ4v) is 2.46. The van der Waals surface area contributed by atoms with Crippen molar-refractivity contribution in [2.75, 3.05) is 6.54 Å². The molecule has 0 saturated carbocycles. The summed E-state index contributed by atoms with van der Waals surface area (Å²) in [7, 11) is 0. The van der Waals surface area contributed by atoms with Crippen LogP contribution in [0.3, 0.4) is 0 Å². The molecule has 0 radical (unpaired) electrons. The number of primary amides is 1. The molecule has 1 aromatic carbocycles. The molecule has 1 aromatic rings. The third-order valence-corrected chi connectivity index (χ3v) is 3.48. The molecule has 1 unspecified atom stereocenters. The molecule has 1 saturated heterocycles.